The minimum Gasteiger partial charge on any atom is -0.465 e. The standard InChI is InChI=1S/C29H22ClN3O4S/c1-31-26(34)24(27(35)33(29(31)38)22-13-9-19(10-14-22)28(36)37-2)15-20-17-32(25-6-4-3-5-23(20)25)16-18-7-11-21(30)12-8-18/h3-15,17H,16H2,1-2H3/b24-15-. The van der Waals surface area contributed by atoms with E-state index in [1.54, 1.807) is 30.3 Å². The van der Waals surface area contributed by atoms with Crippen molar-refractivity contribution in [3.8, 4) is 0 Å². The molecular weight excluding hydrogens is 522 g/mol. The summed E-state index contributed by atoms with van der Waals surface area (Å²) in [5, 5.41) is 1.62. The summed E-state index contributed by atoms with van der Waals surface area (Å²) < 4.78 is 6.81. The molecule has 1 aromatic heterocycles. The number of amides is 2. The van der Waals surface area contributed by atoms with Crippen LogP contribution in [0.2, 0.25) is 5.02 Å². The van der Waals surface area contributed by atoms with Gasteiger partial charge in [0.2, 0.25) is 0 Å². The van der Waals surface area contributed by atoms with Gasteiger partial charge in [-0.05, 0) is 66.3 Å². The van der Waals surface area contributed by atoms with Crippen molar-refractivity contribution < 1.29 is 19.1 Å². The number of aromatic nitrogens is 1. The van der Waals surface area contributed by atoms with E-state index in [-0.39, 0.29) is 10.7 Å². The highest BCUT2D eigenvalue weighted by molar-refractivity contribution is 7.80. The average Bonchev–Trinajstić information content (AvgIpc) is 3.28. The van der Waals surface area contributed by atoms with Gasteiger partial charge in [0.25, 0.3) is 11.8 Å². The fraction of sp³-hybridized carbons (Fsp3) is 0.103. The second-order valence-corrected chi connectivity index (χ2v) is 9.54. The SMILES string of the molecule is COC(=O)c1ccc(N2C(=O)/C(=C\c3cn(Cc4ccc(Cl)cc4)c4ccccc34)C(=O)N(C)C2=S)cc1. The highest BCUT2D eigenvalue weighted by Crippen LogP contribution is 2.29. The van der Waals surface area contributed by atoms with Crippen LogP contribution in [0.25, 0.3) is 17.0 Å². The Morgan fingerprint density at radius 2 is 1.66 bits per heavy atom. The van der Waals surface area contributed by atoms with Crippen LogP contribution in [0.3, 0.4) is 0 Å². The number of thiocarbonyl (C=S) groups is 1. The summed E-state index contributed by atoms with van der Waals surface area (Å²) in [7, 11) is 2.83. The highest BCUT2D eigenvalue weighted by atomic mass is 35.5. The molecule has 5 rings (SSSR count). The van der Waals surface area contributed by atoms with Crippen molar-refractivity contribution in [1.29, 1.82) is 0 Å². The summed E-state index contributed by atoms with van der Waals surface area (Å²) in [6, 6.07) is 21.7. The largest absolute Gasteiger partial charge is 0.465 e. The van der Waals surface area contributed by atoms with E-state index in [1.807, 2.05) is 54.7 Å². The summed E-state index contributed by atoms with van der Waals surface area (Å²) in [5.41, 5.74) is 3.50. The summed E-state index contributed by atoms with van der Waals surface area (Å²) in [4.78, 5) is 41.2. The molecule has 0 radical (unpaired) electrons. The number of hydrogen-bond acceptors (Lipinski definition) is 5. The van der Waals surface area contributed by atoms with E-state index in [1.165, 1.54) is 24.0 Å². The van der Waals surface area contributed by atoms with E-state index >= 15 is 0 Å². The number of methoxy groups -OCH3 is 1. The number of benzene rings is 3. The number of hydrogen-bond donors (Lipinski definition) is 0. The zero-order valence-electron chi connectivity index (χ0n) is 20.6. The molecule has 1 aliphatic rings. The minimum absolute atomic E-state index is 0.0208. The lowest BCUT2D eigenvalue weighted by atomic mass is 10.1. The van der Waals surface area contributed by atoms with Crippen LogP contribution in [0.5, 0.6) is 0 Å². The molecule has 38 heavy (non-hydrogen) atoms. The minimum atomic E-state index is -0.543. The molecule has 4 aromatic rings. The molecular formula is C29H22ClN3O4S. The first-order valence-corrected chi connectivity index (χ1v) is 12.5. The van der Waals surface area contributed by atoms with Crippen LogP contribution in [0, 0.1) is 0 Å². The molecule has 2 heterocycles. The average molecular weight is 544 g/mol. The Morgan fingerprint density at radius 3 is 2.34 bits per heavy atom. The molecule has 190 valence electrons. The second kappa shape index (κ2) is 10.2. The molecule has 0 atom stereocenters. The van der Waals surface area contributed by atoms with Gasteiger partial charge in [-0.2, -0.15) is 0 Å². The molecule has 7 nitrogen and oxygen atoms in total. The summed E-state index contributed by atoms with van der Waals surface area (Å²) in [6.07, 6.45) is 3.54. The van der Waals surface area contributed by atoms with E-state index in [2.05, 4.69) is 4.57 Å². The number of esters is 1. The number of para-hydroxylation sites is 1. The number of carbonyl (C=O) groups excluding carboxylic acids is 3. The van der Waals surface area contributed by atoms with Crippen LogP contribution in [0.4, 0.5) is 5.69 Å². The molecule has 0 N–H and O–H groups in total. The van der Waals surface area contributed by atoms with Crippen molar-refractivity contribution in [2.24, 2.45) is 0 Å². The van der Waals surface area contributed by atoms with Gasteiger partial charge in [-0.1, -0.05) is 41.9 Å². The molecule has 0 aliphatic carbocycles. The van der Waals surface area contributed by atoms with E-state index in [0.717, 1.165) is 22.0 Å². The van der Waals surface area contributed by atoms with Crippen molar-refractivity contribution in [2.75, 3.05) is 19.1 Å². The molecule has 0 spiro atoms. The van der Waals surface area contributed by atoms with Gasteiger partial charge in [-0.3, -0.25) is 19.4 Å². The van der Waals surface area contributed by atoms with Gasteiger partial charge in [-0.25, -0.2) is 4.79 Å². The van der Waals surface area contributed by atoms with E-state index < -0.39 is 17.8 Å². The second-order valence-electron chi connectivity index (χ2n) is 8.74. The number of nitrogens with zero attached hydrogens (tertiary/aromatic N) is 3. The predicted octanol–water partition coefficient (Wildman–Crippen LogP) is 5.30. The fourth-order valence-corrected chi connectivity index (χ4v) is 4.79. The maximum absolute atomic E-state index is 13.6. The van der Waals surface area contributed by atoms with Crippen molar-refractivity contribution in [3.63, 3.8) is 0 Å². The highest BCUT2D eigenvalue weighted by Gasteiger charge is 2.38. The molecule has 1 fully saturated rings. The topological polar surface area (TPSA) is 71.8 Å². The first kappa shape index (κ1) is 25.4. The Bertz CT molecular complexity index is 1620. The number of anilines is 1. The fourth-order valence-electron chi connectivity index (χ4n) is 4.39. The van der Waals surface area contributed by atoms with E-state index in [9.17, 15) is 14.4 Å². The van der Waals surface area contributed by atoms with Crippen LogP contribution < -0.4 is 4.90 Å². The van der Waals surface area contributed by atoms with Crippen LogP contribution >= 0.6 is 23.8 Å². The Hall–Kier alpha value is -4.27. The number of likely N-dealkylation sites (N-methyl/N-ethyl adjacent to an activating group) is 1. The van der Waals surface area contributed by atoms with Crippen LogP contribution in [0.1, 0.15) is 21.5 Å². The van der Waals surface area contributed by atoms with Gasteiger partial charge >= 0.3 is 5.97 Å². The Morgan fingerprint density at radius 1 is 0.974 bits per heavy atom. The lowest BCUT2D eigenvalue weighted by Crippen LogP contribution is -2.54. The first-order chi connectivity index (χ1) is 18.3. The van der Waals surface area contributed by atoms with Crippen LogP contribution in [-0.4, -0.2) is 46.5 Å². The lowest BCUT2D eigenvalue weighted by Gasteiger charge is -2.34. The van der Waals surface area contributed by atoms with Gasteiger partial charge in [-0.15, -0.1) is 0 Å². The summed E-state index contributed by atoms with van der Waals surface area (Å²) in [6.45, 7) is 0.589. The molecule has 0 bridgehead atoms. The smallest absolute Gasteiger partial charge is 0.337 e. The molecule has 0 saturated carbocycles. The van der Waals surface area contributed by atoms with E-state index in [4.69, 9.17) is 28.6 Å². The van der Waals surface area contributed by atoms with E-state index in [0.29, 0.717) is 22.8 Å². The third kappa shape index (κ3) is 4.60. The predicted molar refractivity (Wildman–Crippen MR) is 151 cm³/mol. The zero-order valence-corrected chi connectivity index (χ0v) is 22.1. The van der Waals surface area contributed by atoms with Crippen LogP contribution in [0.15, 0.2) is 84.6 Å². The maximum atomic E-state index is 13.6. The van der Waals surface area contributed by atoms with Gasteiger partial charge in [0, 0.05) is 41.3 Å². The number of carbonyl (C=O) groups is 3. The van der Waals surface area contributed by atoms with Gasteiger partial charge in [0.15, 0.2) is 5.11 Å². The number of rotatable bonds is 5. The molecule has 0 unspecified atom stereocenters. The normalized spacial score (nSPS) is 15.0. The van der Waals surface area contributed by atoms with Gasteiger partial charge < -0.3 is 9.30 Å². The first-order valence-electron chi connectivity index (χ1n) is 11.7. The summed E-state index contributed by atoms with van der Waals surface area (Å²) in [5.74, 6) is -1.53. The van der Waals surface area contributed by atoms with Gasteiger partial charge in [0.05, 0.1) is 18.4 Å². The quantitative estimate of drug-likeness (QED) is 0.148. The van der Waals surface area contributed by atoms with Crippen LogP contribution in [-0.2, 0) is 20.9 Å². The molecule has 1 saturated heterocycles. The molecule has 2 amide bonds. The zero-order chi connectivity index (χ0) is 27.0. The molecule has 1 aliphatic heterocycles. The number of halogens is 1. The molecule has 3 aromatic carbocycles. The number of ether oxygens (including phenoxy) is 1. The van der Waals surface area contributed by atoms with Gasteiger partial charge in [0.1, 0.15) is 5.57 Å². The van der Waals surface area contributed by atoms with Crippen molar-refractivity contribution in [2.45, 2.75) is 6.54 Å². The third-order valence-corrected chi connectivity index (χ3v) is 7.09. The summed E-state index contributed by atoms with van der Waals surface area (Å²) >= 11 is 11.5. The lowest BCUT2D eigenvalue weighted by molar-refractivity contribution is -0.127. The third-order valence-electron chi connectivity index (χ3n) is 6.38. The Labute approximate surface area is 229 Å². The molecule has 9 heteroatoms. The number of fused-ring (bicyclic) bond motifs is 1. The van der Waals surface area contributed by atoms with Crippen molar-refractivity contribution in [3.05, 3.63) is 106 Å². The Balaban J connectivity index is 1.55. The Kier molecular flexibility index (Phi) is 6.84. The van der Waals surface area contributed by atoms with Crippen molar-refractivity contribution >= 4 is 69.4 Å². The maximum Gasteiger partial charge on any atom is 0.337 e. The monoisotopic (exact) mass is 543 g/mol. The van der Waals surface area contributed by atoms with Crippen molar-refractivity contribution in [1.82, 2.24) is 9.47 Å².